The molecule has 3 rings (SSSR count). The molecule has 0 radical (unpaired) electrons. The Morgan fingerprint density at radius 2 is 2.00 bits per heavy atom. The average Bonchev–Trinajstić information content (AvgIpc) is 3.14. The lowest BCUT2D eigenvalue weighted by molar-refractivity contribution is -0.123. The topological polar surface area (TPSA) is 113 Å². The average molecular weight is 395 g/mol. The van der Waals surface area contributed by atoms with Crippen molar-refractivity contribution >= 4 is 17.6 Å². The Morgan fingerprint density at radius 1 is 1.21 bits per heavy atom. The van der Waals surface area contributed by atoms with E-state index in [0.717, 1.165) is 11.1 Å². The van der Waals surface area contributed by atoms with E-state index in [1.165, 1.54) is 6.07 Å². The number of carbonyl (C=O) groups is 2. The molecule has 29 heavy (non-hydrogen) atoms. The van der Waals surface area contributed by atoms with Gasteiger partial charge in [0.15, 0.2) is 0 Å². The van der Waals surface area contributed by atoms with Gasteiger partial charge in [-0.05, 0) is 41.8 Å². The molecule has 0 fully saturated rings. The maximum absolute atomic E-state index is 14.1. The summed E-state index contributed by atoms with van der Waals surface area (Å²) in [5.41, 5.74) is 7.76. The normalized spacial score (nSPS) is 11.7. The number of aryl methyl sites for hydroxylation is 1. The van der Waals surface area contributed by atoms with Crippen LogP contribution in [0.5, 0.6) is 0 Å². The van der Waals surface area contributed by atoms with Gasteiger partial charge < -0.3 is 21.4 Å². The zero-order valence-corrected chi connectivity index (χ0v) is 15.9. The third kappa shape index (κ3) is 5.19. The molecule has 2 heterocycles. The van der Waals surface area contributed by atoms with Gasteiger partial charge in [-0.25, -0.2) is 9.37 Å². The molecule has 1 atom stereocenters. The van der Waals surface area contributed by atoms with Crippen LogP contribution in [0.4, 0.5) is 10.2 Å². The van der Waals surface area contributed by atoms with Crippen molar-refractivity contribution in [1.29, 1.82) is 0 Å². The third-order valence-corrected chi connectivity index (χ3v) is 4.50. The van der Waals surface area contributed by atoms with E-state index in [2.05, 4.69) is 20.6 Å². The molecule has 0 spiro atoms. The summed E-state index contributed by atoms with van der Waals surface area (Å²) in [6.45, 7) is 1.99. The van der Waals surface area contributed by atoms with Crippen molar-refractivity contribution in [2.24, 2.45) is 0 Å². The van der Waals surface area contributed by atoms with Gasteiger partial charge in [-0.2, -0.15) is 0 Å². The number of aromatic amines is 1. The Kier molecular flexibility index (Phi) is 6.23. The lowest BCUT2D eigenvalue weighted by atomic mass is 10.0. The van der Waals surface area contributed by atoms with Crippen LogP contribution in [0.15, 0.2) is 54.9 Å². The predicted molar refractivity (Wildman–Crippen MR) is 107 cm³/mol. The molecular formula is C21H22FN5O2. The molecule has 0 bridgehead atoms. The standard InChI is InChI=1S/C21H22FN5O2/c1-13-8-9-24-19(13)21(29)27-17(10-15-4-2-3-5-16(15)22)20(28)26-12-14-6-7-18(23)25-11-14/h2-9,11,17,24H,10,12H2,1H3,(H2,23,25)(H,26,28)(H,27,29)/t17-/m0/s1. The van der Waals surface area contributed by atoms with Crippen LogP contribution in [0, 0.1) is 12.7 Å². The van der Waals surface area contributed by atoms with Gasteiger partial charge in [0.25, 0.3) is 5.91 Å². The number of H-pyrrole nitrogens is 1. The van der Waals surface area contributed by atoms with E-state index in [9.17, 15) is 14.0 Å². The second-order valence-corrected chi connectivity index (χ2v) is 6.67. The van der Waals surface area contributed by atoms with Crippen LogP contribution in [-0.2, 0) is 17.8 Å². The van der Waals surface area contributed by atoms with E-state index in [-0.39, 0.29) is 13.0 Å². The number of hydrogen-bond donors (Lipinski definition) is 4. The van der Waals surface area contributed by atoms with Crippen LogP contribution in [0.3, 0.4) is 0 Å². The summed E-state index contributed by atoms with van der Waals surface area (Å²) in [7, 11) is 0. The summed E-state index contributed by atoms with van der Waals surface area (Å²) in [4.78, 5) is 32.2. The van der Waals surface area contributed by atoms with Crippen LogP contribution in [0.2, 0.25) is 0 Å². The minimum absolute atomic E-state index is 0.0178. The van der Waals surface area contributed by atoms with Crippen molar-refractivity contribution in [3.63, 3.8) is 0 Å². The lowest BCUT2D eigenvalue weighted by Crippen LogP contribution is -2.48. The number of halogens is 1. The number of aromatic nitrogens is 2. The molecule has 2 aromatic heterocycles. The van der Waals surface area contributed by atoms with E-state index >= 15 is 0 Å². The van der Waals surface area contributed by atoms with Crippen LogP contribution < -0.4 is 16.4 Å². The van der Waals surface area contributed by atoms with Gasteiger partial charge in [0.1, 0.15) is 23.4 Å². The van der Waals surface area contributed by atoms with E-state index in [0.29, 0.717) is 17.1 Å². The highest BCUT2D eigenvalue weighted by atomic mass is 19.1. The second kappa shape index (κ2) is 9.01. The molecule has 0 aliphatic carbocycles. The number of nitrogens with two attached hydrogens (primary N) is 1. The first-order valence-corrected chi connectivity index (χ1v) is 9.10. The second-order valence-electron chi connectivity index (χ2n) is 6.67. The summed E-state index contributed by atoms with van der Waals surface area (Å²) in [5, 5.41) is 5.45. The van der Waals surface area contributed by atoms with Crippen molar-refractivity contribution in [3.8, 4) is 0 Å². The lowest BCUT2D eigenvalue weighted by Gasteiger charge is -2.19. The maximum Gasteiger partial charge on any atom is 0.268 e. The van der Waals surface area contributed by atoms with E-state index in [1.807, 2.05) is 0 Å². The van der Waals surface area contributed by atoms with Crippen LogP contribution >= 0.6 is 0 Å². The van der Waals surface area contributed by atoms with Gasteiger partial charge in [0.05, 0.1) is 0 Å². The molecule has 0 saturated carbocycles. The fraction of sp³-hybridized carbons (Fsp3) is 0.190. The summed E-state index contributed by atoms with van der Waals surface area (Å²) < 4.78 is 14.1. The first-order valence-electron chi connectivity index (χ1n) is 9.10. The first kappa shape index (κ1) is 20.1. The summed E-state index contributed by atoms with van der Waals surface area (Å²) >= 11 is 0. The Morgan fingerprint density at radius 3 is 2.66 bits per heavy atom. The summed E-state index contributed by atoms with van der Waals surface area (Å²) in [6.07, 6.45) is 3.22. The molecule has 150 valence electrons. The smallest absolute Gasteiger partial charge is 0.268 e. The van der Waals surface area contributed by atoms with Gasteiger partial charge in [-0.15, -0.1) is 0 Å². The van der Waals surface area contributed by atoms with Gasteiger partial charge in [0, 0.05) is 25.4 Å². The molecule has 8 heteroatoms. The molecule has 0 aliphatic rings. The zero-order chi connectivity index (χ0) is 20.8. The molecule has 2 amide bonds. The molecule has 7 nitrogen and oxygen atoms in total. The Balaban J connectivity index is 1.74. The molecule has 0 saturated heterocycles. The number of amides is 2. The van der Waals surface area contributed by atoms with Crippen molar-refractivity contribution < 1.29 is 14.0 Å². The molecule has 3 aromatic rings. The van der Waals surface area contributed by atoms with E-state index in [1.54, 1.807) is 55.7 Å². The van der Waals surface area contributed by atoms with Crippen LogP contribution in [0.25, 0.3) is 0 Å². The number of hydrogen-bond acceptors (Lipinski definition) is 4. The number of rotatable bonds is 7. The van der Waals surface area contributed by atoms with Crippen molar-refractivity contribution in [3.05, 3.63) is 83.1 Å². The van der Waals surface area contributed by atoms with E-state index < -0.39 is 23.7 Å². The molecule has 1 aromatic carbocycles. The number of nitrogens with one attached hydrogen (secondary N) is 3. The highest BCUT2D eigenvalue weighted by Gasteiger charge is 2.24. The third-order valence-electron chi connectivity index (χ3n) is 4.50. The Hall–Kier alpha value is -3.68. The van der Waals surface area contributed by atoms with Crippen molar-refractivity contribution in [2.45, 2.75) is 25.9 Å². The largest absolute Gasteiger partial charge is 0.384 e. The molecular weight excluding hydrogens is 373 g/mol. The SMILES string of the molecule is Cc1cc[nH]c1C(=O)N[C@@H](Cc1ccccc1F)C(=O)NCc1ccc(N)nc1. The number of pyridine rings is 1. The van der Waals surface area contributed by atoms with Gasteiger partial charge in [-0.1, -0.05) is 24.3 Å². The number of carbonyl (C=O) groups excluding carboxylic acids is 2. The fourth-order valence-electron chi connectivity index (χ4n) is 2.87. The maximum atomic E-state index is 14.1. The van der Waals surface area contributed by atoms with Crippen molar-refractivity contribution in [1.82, 2.24) is 20.6 Å². The van der Waals surface area contributed by atoms with Crippen LogP contribution in [0.1, 0.15) is 27.2 Å². The molecule has 0 unspecified atom stereocenters. The van der Waals surface area contributed by atoms with Crippen LogP contribution in [-0.4, -0.2) is 27.8 Å². The minimum Gasteiger partial charge on any atom is -0.384 e. The minimum atomic E-state index is -0.955. The Bertz CT molecular complexity index is 1000. The number of nitrogen functional groups attached to an aromatic ring is 1. The monoisotopic (exact) mass is 395 g/mol. The predicted octanol–water partition coefficient (Wildman–Crippen LogP) is 2.10. The van der Waals surface area contributed by atoms with Gasteiger partial charge in [-0.3, -0.25) is 9.59 Å². The number of nitrogens with zero attached hydrogens (tertiary/aromatic N) is 1. The Labute approximate surface area is 167 Å². The number of anilines is 1. The van der Waals surface area contributed by atoms with Gasteiger partial charge in [0.2, 0.25) is 5.91 Å². The van der Waals surface area contributed by atoms with Gasteiger partial charge >= 0.3 is 0 Å². The fourth-order valence-corrected chi connectivity index (χ4v) is 2.87. The first-order chi connectivity index (χ1) is 13.9. The highest BCUT2D eigenvalue weighted by Crippen LogP contribution is 2.11. The highest BCUT2D eigenvalue weighted by molar-refractivity contribution is 5.97. The molecule has 5 N–H and O–H groups in total. The molecule has 0 aliphatic heterocycles. The number of benzene rings is 1. The summed E-state index contributed by atoms with van der Waals surface area (Å²) in [6, 6.07) is 10.3. The quantitative estimate of drug-likeness (QED) is 0.491. The zero-order valence-electron chi connectivity index (χ0n) is 15.9. The summed E-state index contributed by atoms with van der Waals surface area (Å²) in [5.74, 6) is -0.912. The van der Waals surface area contributed by atoms with Crippen molar-refractivity contribution in [2.75, 3.05) is 5.73 Å². The van der Waals surface area contributed by atoms with E-state index in [4.69, 9.17) is 5.73 Å².